The number of benzene rings is 2. The topological polar surface area (TPSA) is 115 Å². The second kappa shape index (κ2) is 12.0. The molecule has 0 atom stereocenters. The summed E-state index contributed by atoms with van der Waals surface area (Å²) < 4.78 is 5.12. The number of amides is 3. The normalized spacial score (nSPS) is 13.9. The van der Waals surface area contributed by atoms with Crippen LogP contribution in [0.15, 0.2) is 42.5 Å². The molecule has 3 N–H and O–H groups in total. The van der Waals surface area contributed by atoms with Gasteiger partial charge in [0.15, 0.2) is 0 Å². The van der Waals surface area contributed by atoms with Gasteiger partial charge in [0.25, 0.3) is 5.91 Å². The number of carbonyl (C=O) groups excluding carboxylic acids is 2. The summed E-state index contributed by atoms with van der Waals surface area (Å²) in [6, 6.07) is 14.8. The quantitative estimate of drug-likeness (QED) is 0.535. The molecule has 1 saturated heterocycles. The maximum Gasteiger partial charge on any atom is 0.319 e. The first-order valence-corrected chi connectivity index (χ1v) is 11.1. The number of nitrogens with zero attached hydrogens (tertiary/aromatic N) is 2. The van der Waals surface area contributed by atoms with E-state index < -0.39 is 0 Å². The molecule has 3 amide bonds. The maximum atomic E-state index is 13.1. The van der Waals surface area contributed by atoms with Crippen LogP contribution >= 0.6 is 0 Å². The van der Waals surface area contributed by atoms with E-state index in [1.54, 1.807) is 12.1 Å². The van der Waals surface area contributed by atoms with Crippen LogP contribution in [-0.4, -0.2) is 61.4 Å². The third kappa shape index (κ3) is 6.78. The molecule has 0 saturated carbocycles. The highest BCUT2D eigenvalue weighted by Gasteiger charge is 2.25. The number of nitriles is 1. The van der Waals surface area contributed by atoms with Crippen molar-refractivity contribution in [3.63, 3.8) is 0 Å². The largest absolute Gasteiger partial charge is 0.394 e. The predicted molar refractivity (Wildman–Crippen MR) is 125 cm³/mol. The number of hydrogen-bond donors (Lipinski definition) is 3. The first-order valence-electron chi connectivity index (χ1n) is 11.1. The van der Waals surface area contributed by atoms with Gasteiger partial charge >= 0.3 is 6.03 Å². The fourth-order valence-electron chi connectivity index (χ4n) is 3.89. The first kappa shape index (κ1) is 24.2. The van der Waals surface area contributed by atoms with Gasteiger partial charge in [-0.05, 0) is 61.1 Å². The minimum atomic E-state index is -0.376. The van der Waals surface area contributed by atoms with Crippen molar-refractivity contribution < 1.29 is 19.4 Å². The number of anilines is 1. The van der Waals surface area contributed by atoms with Gasteiger partial charge in [0.2, 0.25) is 0 Å². The molecule has 2 aromatic carbocycles. The van der Waals surface area contributed by atoms with E-state index in [-0.39, 0.29) is 25.2 Å². The minimum Gasteiger partial charge on any atom is -0.394 e. The number of nitrogens with one attached hydrogen (secondary N) is 2. The predicted octanol–water partition coefficient (Wildman–Crippen LogP) is 3.02. The molecule has 8 nitrogen and oxygen atoms in total. The van der Waals surface area contributed by atoms with E-state index in [2.05, 4.69) is 16.7 Å². The number of hydrogen-bond acceptors (Lipinski definition) is 5. The molecule has 3 rings (SSSR count). The van der Waals surface area contributed by atoms with Crippen LogP contribution in [0.25, 0.3) is 0 Å². The van der Waals surface area contributed by atoms with Gasteiger partial charge in [0.05, 0.1) is 31.5 Å². The van der Waals surface area contributed by atoms with Crippen molar-refractivity contribution in [1.82, 2.24) is 10.2 Å². The lowest BCUT2D eigenvalue weighted by molar-refractivity contribution is 0.0713. The molecule has 2 aromatic rings. The van der Waals surface area contributed by atoms with E-state index in [1.165, 1.54) is 5.56 Å². The highest BCUT2D eigenvalue weighted by Crippen LogP contribution is 2.29. The van der Waals surface area contributed by atoms with Crippen LogP contribution in [0.3, 0.4) is 0 Å². The Morgan fingerprint density at radius 2 is 1.88 bits per heavy atom. The van der Waals surface area contributed by atoms with Crippen molar-refractivity contribution in [1.29, 1.82) is 5.26 Å². The summed E-state index contributed by atoms with van der Waals surface area (Å²) in [5.74, 6) is 0.330. The Balaban J connectivity index is 1.54. The fourth-order valence-corrected chi connectivity index (χ4v) is 3.89. The second-order valence-corrected chi connectivity index (χ2v) is 8.05. The molecular formula is C25H30N4O4. The standard InChI is InChI=1S/C25H30N4O4/c1-18-2-5-22(16-23(18)28-25(32)27-10-14-33-15-13-30)24(31)29-11-8-21(9-12-29)20-6-3-19(17-26)4-7-20/h2-7,16,21,30H,8-15H2,1H3,(H2,27,28,32). The summed E-state index contributed by atoms with van der Waals surface area (Å²) in [5, 5.41) is 23.1. The van der Waals surface area contributed by atoms with E-state index in [0.717, 1.165) is 18.4 Å². The van der Waals surface area contributed by atoms with Crippen molar-refractivity contribution in [2.75, 3.05) is 44.8 Å². The van der Waals surface area contributed by atoms with E-state index in [1.807, 2.05) is 42.2 Å². The highest BCUT2D eigenvalue weighted by molar-refractivity contribution is 5.97. The van der Waals surface area contributed by atoms with Gasteiger partial charge in [-0.25, -0.2) is 4.79 Å². The summed E-state index contributed by atoms with van der Waals surface area (Å²) >= 11 is 0. The molecule has 1 heterocycles. The molecule has 1 aliphatic rings. The summed E-state index contributed by atoms with van der Waals surface area (Å²) in [6.07, 6.45) is 1.74. The smallest absolute Gasteiger partial charge is 0.319 e. The van der Waals surface area contributed by atoms with E-state index in [4.69, 9.17) is 15.1 Å². The molecule has 0 spiro atoms. The van der Waals surface area contributed by atoms with Crippen LogP contribution in [-0.2, 0) is 4.74 Å². The zero-order valence-electron chi connectivity index (χ0n) is 18.8. The lowest BCUT2D eigenvalue weighted by atomic mass is 9.89. The Morgan fingerprint density at radius 1 is 1.15 bits per heavy atom. The number of carbonyl (C=O) groups is 2. The van der Waals surface area contributed by atoms with Crippen molar-refractivity contribution in [2.45, 2.75) is 25.7 Å². The number of aliphatic hydroxyl groups is 1. The van der Waals surface area contributed by atoms with Gasteiger partial charge in [0.1, 0.15) is 0 Å². The molecule has 1 fully saturated rings. The summed E-state index contributed by atoms with van der Waals surface area (Å²) in [6.45, 7) is 4.00. The molecule has 0 aliphatic carbocycles. The van der Waals surface area contributed by atoms with Gasteiger partial charge < -0.3 is 25.4 Å². The van der Waals surface area contributed by atoms with Crippen molar-refractivity contribution in [2.24, 2.45) is 0 Å². The SMILES string of the molecule is Cc1ccc(C(=O)N2CCC(c3ccc(C#N)cc3)CC2)cc1NC(=O)NCCOCCO. The van der Waals surface area contributed by atoms with Crippen molar-refractivity contribution in [3.8, 4) is 6.07 Å². The van der Waals surface area contributed by atoms with Crippen LogP contribution in [0.1, 0.15) is 45.8 Å². The van der Waals surface area contributed by atoms with E-state index >= 15 is 0 Å². The first-order chi connectivity index (χ1) is 16.0. The van der Waals surface area contributed by atoms with Crippen LogP contribution in [0.4, 0.5) is 10.5 Å². The van der Waals surface area contributed by atoms with Gasteiger partial charge in [0, 0.05) is 30.9 Å². The Kier molecular flexibility index (Phi) is 8.81. The van der Waals surface area contributed by atoms with Crippen LogP contribution in [0.5, 0.6) is 0 Å². The molecular weight excluding hydrogens is 420 g/mol. The number of urea groups is 1. The number of likely N-dealkylation sites (tertiary alicyclic amines) is 1. The minimum absolute atomic E-state index is 0.0471. The number of piperidine rings is 1. The molecule has 0 aromatic heterocycles. The molecule has 1 aliphatic heterocycles. The van der Waals surface area contributed by atoms with E-state index in [0.29, 0.717) is 49.0 Å². The van der Waals surface area contributed by atoms with Crippen molar-refractivity contribution >= 4 is 17.6 Å². The average molecular weight is 451 g/mol. The number of rotatable bonds is 8. The molecule has 0 unspecified atom stereocenters. The number of aryl methyl sites for hydroxylation is 1. The number of aliphatic hydroxyl groups excluding tert-OH is 1. The lowest BCUT2D eigenvalue weighted by Gasteiger charge is -2.32. The zero-order chi connectivity index (χ0) is 23.6. The third-order valence-electron chi connectivity index (χ3n) is 5.79. The fraction of sp³-hybridized carbons (Fsp3) is 0.400. The number of ether oxygens (including phenoxy) is 1. The van der Waals surface area contributed by atoms with Crippen molar-refractivity contribution in [3.05, 3.63) is 64.7 Å². The van der Waals surface area contributed by atoms with Crippen LogP contribution in [0, 0.1) is 18.3 Å². The van der Waals surface area contributed by atoms with Gasteiger partial charge in [-0.1, -0.05) is 18.2 Å². The zero-order valence-corrected chi connectivity index (χ0v) is 18.8. The van der Waals surface area contributed by atoms with E-state index in [9.17, 15) is 9.59 Å². The van der Waals surface area contributed by atoms with Gasteiger partial charge in [-0.2, -0.15) is 5.26 Å². The average Bonchev–Trinajstić information content (AvgIpc) is 2.85. The molecule has 33 heavy (non-hydrogen) atoms. The molecule has 8 heteroatoms. The Labute approximate surface area is 194 Å². The van der Waals surface area contributed by atoms with Gasteiger partial charge in [-0.3, -0.25) is 4.79 Å². The van der Waals surface area contributed by atoms with Crippen LogP contribution < -0.4 is 10.6 Å². The molecule has 0 bridgehead atoms. The monoisotopic (exact) mass is 450 g/mol. The Bertz CT molecular complexity index is 992. The molecule has 174 valence electrons. The highest BCUT2D eigenvalue weighted by atomic mass is 16.5. The second-order valence-electron chi connectivity index (χ2n) is 8.05. The maximum absolute atomic E-state index is 13.1. The van der Waals surface area contributed by atoms with Gasteiger partial charge in [-0.15, -0.1) is 0 Å². The Hall–Kier alpha value is -3.41. The summed E-state index contributed by atoms with van der Waals surface area (Å²) in [4.78, 5) is 27.1. The summed E-state index contributed by atoms with van der Waals surface area (Å²) in [7, 11) is 0. The molecule has 0 radical (unpaired) electrons. The third-order valence-corrected chi connectivity index (χ3v) is 5.79. The lowest BCUT2D eigenvalue weighted by Crippen LogP contribution is -2.38. The summed E-state index contributed by atoms with van der Waals surface area (Å²) in [5.41, 5.74) is 3.84. The Morgan fingerprint density at radius 3 is 2.55 bits per heavy atom. The van der Waals surface area contributed by atoms with Crippen LogP contribution in [0.2, 0.25) is 0 Å².